The van der Waals surface area contributed by atoms with Crippen LogP contribution in [0.2, 0.25) is 5.02 Å². The number of carbonyl (C=O) groups is 3. The van der Waals surface area contributed by atoms with Crippen LogP contribution in [-0.4, -0.2) is 45.1 Å². The van der Waals surface area contributed by atoms with Crippen molar-refractivity contribution >= 4 is 41.3 Å². The Morgan fingerprint density at radius 3 is 2.47 bits per heavy atom. The molecule has 2 fully saturated rings. The number of hydrogen-bond donors (Lipinski definition) is 1. The molecule has 4 rings (SSSR count). The molecule has 10 nitrogen and oxygen atoms in total. The van der Waals surface area contributed by atoms with Gasteiger partial charge < -0.3 is 9.84 Å². The van der Waals surface area contributed by atoms with E-state index in [-0.39, 0.29) is 28.2 Å². The second-order valence-corrected chi connectivity index (χ2v) is 7.87. The quantitative estimate of drug-likeness (QED) is 0.238. The molecule has 1 N–H and O–H groups in total. The fourth-order valence-electron chi connectivity index (χ4n) is 4.31. The molecule has 0 radical (unpaired) electrons. The summed E-state index contributed by atoms with van der Waals surface area (Å²) in [5.74, 6) is -3.40. The molecule has 1 aliphatic heterocycles. The molecular formula is C19H16ClN3O7. The summed E-state index contributed by atoms with van der Waals surface area (Å²) in [6, 6.07) is 2.29. The van der Waals surface area contributed by atoms with Gasteiger partial charge in [-0.2, -0.15) is 10.1 Å². The smallest absolute Gasteiger partial charge is 0.344 e. The molecule has 1 saturated heterocycles. The minimum atomic E-state index is -1.40. The van der Waals surface area contributed by atoms with Crippen LogP contribution in [0.25, 0.3) is 0 Å². The SMILES string of the molecule is C[C@@H](Oc1c(C=NN2C(=O)[C@@H]3[C@H](C2=O)[C@H]2C=C[C@H]3C2)cc(Cl)cc1[N+](=O)[O-])C(=O)O. The number of carboxylic acids is 1. The normalized spacial score (nSPS) is 27.7. The van der Waals surface area contributed by atoms with Gasteiger partial charge in [0.05, 0.1) is 23.0 Å². The number of nitrogens with zero attached hydrogens (tertiary/aromatic N) is 3. The molecule has 2 aliphatic carbocycles. The number of halogens is 1. The molecule has 0 unspecified atom stereocenters. The Morgan fingerprint density at radius 2 is 1.93 bits per heavy atom. The highest BCUT2D eigenvalue weighted by molar-refractivity contribution is 6.31. The fraction of sp³-hybridized carbons (Fsp3) is 0.368. The van der Waals surface area contributed by atoms with Crippen LogP contribution in [0.5, 0.6) is 5.75 Å². The number of nitro benzene ring substituents is 1. The van der Waals surface area contributed by atoms with Crippen LogP contribution in [0.3, 0.4) is 0 Å². The van der Waals surface area contributed by atoms with E-state index in [9.17, 15) is 24.5 Å². The second-order valence-electron chi connectivity index (χ2n) is 7.43. The molecule has 156 valence electrons. The third kappa shape index (κ3) is 3.13. The molecule has 11 heteroatoms. The van der Waals surface area contributed by atoms with Crippen molar-refractivity contribution < 1.29 is 29.2 Å². The number of nitro groups is 1. The van der Waals surface area contributed by atoms with Crippen molar-refractivity contribution in [2.75, 3.05) is 0 Å². The van der Waals surface area contributed by atoms with E-state index in [1.54, 1.807) is 0 Å². The molecule has 0 spiro atoms. The number of carbonyl (C=O) groups excluding carboxylic acids is 2. The van der Waals surface area contributed by atoms with Gasteiger partial charge in [0.2, 0.25) is 5.75 Å². The summed E-state index contributed by atoms with van der Waals surface area (Å²) < 4.78 is 5.25. The van der Waals surface area contributed by atoms with Gasteiger partial charge >= 0.3 is 11.7 Å². The van der Waals surface area contributed by atoms with Crippen LogP contribution < -0.4 is 4.74 Å². The minimum absolute atomic E-state index is 0.0132. The van der Waals surface area contributed by atoms with Gasteiger partial charge in [-0.15, -0.1) is 0 Å². The monoisotopic (exact) mass is 433 g/mol. The van der Waals surface area contributed by atoms with Gasteiger partial charge in [-0.3, -0.25) is 19.7 Å². The number of rotatable bonds is 6. The summed E-state index contributed by atoms with van der Waals surface area (Å²) in [6.45, 7) is 1.21. The van der Waals surface area contributed by atoms with Crippen molar-refractivity contribution in [1.29, 1.82) is 0 Å². The molecule has 30 heavy (non-hydrogen) atoms. The van der Waals surface area contributed by atoms with E-state index < -0.39 is 46.3 Å². The summed E-state index contributed by atoms with van der Waals surface area (Å²) in [4.78, 5) is 47.2. The lowest BCUT2D eigenvalue weighted by Crippen LogP contribution is -2.28. The molecule has 2 amide bonds. The number of aliphatic carboxylic acids is 1. The zero-order valence-electron chi connectivity index (χ0n) is 15.6. The lowest BCUT2D eigenvalue weighted by Gasteiger charge is -2.14. The van der Waals surface area contributed by atoms with Gasteiger partial charge in [0.1, 0.15) is 0 Å². The fourth-order valence-corrected chi connectivity index (χ4v) is 4.53. The van der Waals surface area contributed by atoms with Gasteiger partial charge in [0.15, 0.2) is 6.10 Å². The standard InChI is InChI=1S/C19H16ClN3O7/c1-8(19(26)27)30-16-11(5-12(20)6-13(16)23(28)29)7-21-22-17(24)14-9-2-3-10(4-9)15(14)18(22)25/h2-3,5-10,14-15H,4H2,1H3,(H,26,27)/t8-,9+,10+,14-,15+/m1/s1. The summed E-state index contributed by atoms with van der Waals surface area (Å²) in [5.41, 5.74) is -0.587. The number of hydrazone groups is 1. The first-order valence-electron chi connectivity index (χ1n) is 9.16. The first-order chi connectivity index (χ1) is 14.2. The third-order valence-electron chi connectivity index (χ3n) is 5.66. The Hall–Kier alpha value is -3.27. The Kier molecular flexibility index (Phi) is 4.81. The van der Waals surface area contributed by atoms with E-state index in [1.165, 1.54) is 13.0 Å². The Labute approximate surface area is 174 Å². The van der Waals surface area contributed by atoms with Crippen LogP contribution in [-0.2, 0) is 14.4 Å². The molecule has 1 saturated carbocycles. The summed E-state index contributed by atoms with van der Waals surface area (Å²) in [7, 11) is 0. The molecule has 1 aromatic carbocycles. The highest BCUT2D eigenvalue weighted by Gasteiger charge is 2.59. The largest absolute Gasteiger partial charge is 0.479 e. The van der Waals surface area contributed by atoms with E-state index in [1.807, 2.05) is 12.2 Å². The van der Waals surface area contributed by atoms with Gasteiger partial charge in [0, 0.05) is 16.7 Å². The maximum absolute atomic E-state index is 12.7. The third-order valence-corrected chi connectivity index (χ3v) is 5.88. The molecule has 0 aromatic heterocycles. The summed E-state index contributed by atoms with van der Waals surface area (Å²) in [5, 5.41) is 25.2. The van der Waals surface area contributed by atoms with Crippen molar-refractivity contribution in [2.45, 2.75) is 19.4 Å². The van der Waals surface area contributed by atoms with E-state index >= 15 is 0 Å². The topological polar surface area (TPSA) is 139 Å². The summed E-state index contributed by atoms with van der Waals surface area (Å²) in [6.07, 6.45) is 4.33. The highest BCUT2D eigenvalue weighted by atomic mass is 35.5. The van der Waals surface area contributed by atoms with Gasteiger partial charge in [-0.1, -0.05) is 23.8 Å². The molecular weight excluding hydrogens is 418 g/mol. The van der Waals surface area contributed by atoms with E-state index in [4.69, 9.17) is 21.4 Å². The Bertz CT molecular complexity index is 1010. The van der Waals surface area contributed by atoms with Crippen molar-refractivity contribution in [3.63, 3.8) is 0 Å². The first-order valence-corrected chi connectivity index (χ1v) is 9.54. The number of fused-ring (bicyclic) bond motifs is 5. The summed E-state index contributed by atoms with van der Waals surface area (Å²) >= 11 is 5.95. The van der Waals surface area contributed by atoms with Gasteiger partial charge in [-0.05, 0) is 31.2 Å². The molecule has 2 bridgehead atoms. The first kappa shape index (κ1) is 20.0. The maximum Gasteiger partial charge on any atom is 0.344 e. The average Bonchev–Trinajstić information content (AvgIpc) is 3.36. The van der Waals surface area contributed by atoms with Crippen molar-refractivity contribution in [3.05, 3.63) is 45.0 Å². The number of ether oxygens (including phenoxy) is 1. The van der Waals surface area contributed by atoms with Crippen LogP contribution in [0, 0.1) is 33.8 Å². The van der Waals surface area contributed by atoms with E-state index in [2.05, 4.69) is 5.10 Å². The molecule has 1 heterocycles. The number of benzene rings is 1. The van der Waals surface area contributed by atoms with E-state index in [0.29, 0.717) is 0 Å². The predicted octanol–water partition coefficient (Wildman–Crippen LogP) is 2.24. The van der Waals surface area contributed by atoms with Gasteiger partial charge in [0.25, 0.3) is 11.8 Å². The zero-order chi connectivity index (χ0) is 21.7. The lowest BCUT2D eigenvalue weighted by molar-refractivity contribution is -0.386. The van der Waals surface area contributed by atoms with Crippen LogP contribution in [0.1, 0.15) is 18.9 Å². The number of allylic oxidation sites excluding steroid dienone is 2. The van der Waals surface area contributed by atoms with Crippen LogP contribution in [0.4, 0.5) is 5.69 Å². The highest BCUT2D eigenvalue weighted by Crippen LogP contribution is 2.52. The van der Waals surface area contributed by atoms with Gasteiger partial charge in [-0.25, -0.2) is 4.79 Å². The zero-order valence-corrected chi connectivity index (χ0v) is 16.4. The Balaban J connectivity index is 1.68. The van der Waals surface area contributed by atoms with E-state index in [0.717, 1.165) is 23.7 Å². The molecule has 3 aliphatic rings. The second kappa shape index (κ2) is 7.21. The lowest BCUT2D eigenvalue weighted by atomic mass is 9.85. The molecule has 1 aromatic rings. The average molecular weight is 434 g/mol. The van der Waals surface area contributed by atoms with Crippen molar-refractivity contribution in [3.8, 4) is 5.75 Å². The number of imide groups is 1. The predicted molar refractivity (Wildman–Crippen MR) is 103 cm³/mol. The van der Waals surface area contributed by atoms with Crippen LogP contribution in [0.15, 0.2) is 29.4 Å². The Morgan fingerprint density at radius 1 is 1.33 bits per heavy atom. The number of carboxylic acid groups (broad SMARTS) is 1. The number of amides is 2. The van der Waals surface area contributed by atoms with Crippen molar-refractivity contribution in [1.82, 2.24) is 5.01 Å². The number of hydrogen-bond acceptors (Lipinski definition) is 7. The molecule has 5 atom stereocenters. The minimum Gasteiger partial charge on any atom is -0.479 e. The maximum atomic E-state index is 12.7. The van der Waals surface area contributed by atoms with Crippen LogP contribution >= 0.6 is 11.6 Å². The van der Waals surface area contributed by atoms with Crippen molar-refractivity contribution in [2.24, 2.45) is 28.8 Å².